The van der Waals surface area contributed by atoms with E-state index in [0.717, 1.165) is 0 Å². The zero-order chi connectivity index (χ0) is 14.5. The summed E-state index contributed by atoms with van der Waals surface area (Å²) in [7, 11) is 0. The summed E-state index contributed by atoms with van der Waals surface area (Å²) in [6.45, 7) is 1.59. The Kier molecular flexibility index (Phi) is 4.26. The number of rotatable bonds is 5. The van der Waals surface area contributed by atoms with Crippen LogP contribution in [0.15, 0.2) is 35.8 Å². The van der Waals surface area contributed by atoms with Gasteiger partial charge < -0.3 is 4.74 Å². The van der Waals surface area contributed by atoms with Crippen LogP contribution in [0.3, 0.4) is 0 Å². The number of hydrogen-bond donors (Lipinski definition) is 1. The quantitative estimate of drug-likeness (QED) is 0.675. The van der Waals surface area contributed by atoms with Crippen LogP contribution in [0.4, 0.5) is 10.8 Å². The van der Waals surface area contributed by atoms with Gasteiger partial charge in [-0.25, -0.2) is 4.98 Å². The smallest absolute Gasteiger partial charge is 0.269 e. The molecule has 2 aromatic rings. The van der Waals surface area contributed by atoms with E-state index in [9.17, 15) is 14.9 Å². The summed E-state index contributed by atoms with van der Waals surface area (Å²) in [5.41, 5.74) is -0.0303. The van der Waals surface area contributed by atoms with Gasteiger partial charge in [0.05, 0.1) is 4.92 Å². The topological polar surface area (TPSA) is 94.4 Å². The number of benzene rings is 1. The standard InChI is InChI=1S/C12H11N3O4S/c1-8(11(16)14-12-13-6-7-20-12)19-10-4-2-9(3-5-10)15(17)18/h2-8H,1H3,(H,13,14,16). The first-order valence-corrected chi connectivity index (χ1v) is 6.55. The van der Waals surface area contributed by atoms with Crippen LogP contribution >= 0.6 is 11.3 Å². The lowest BCUT2D eigenvalue weighted by molar-refractivity contribution is -0.384. The van der Waals surface area contributed by atoms with Gasteiger partial charge in [0.15, 0.2) is 11.2 Å². The lowest BCUT2D eigenvalue weighted by Crippen LogP contribution is -2.30. The van der Waals surface area contributed by atoms with Crippen molar-refractivity contribution in [2.45, 2.75) is 13.0 Å². The second-order valence-electron chi connectivity index (χ2n) is 3.84. The summed E-state index contributed by atoms with van der Waals surface area (Å²) in [4.78, 5) is 25.8. The third-order valence-corrected chi connectivity index (χ3v) is 3.08. The third-order valence-electron chi connectivity index (χ3n) is 2.39. The molecule has 1 aromatic carbocycles. The highest BCUT2D eigenvalue weighted by Gasteiger charge is 2.16. The van der Waals surface area contributed by atoms with Crippen LogP contribution in [0, 0.1) is 10.1 Å². The van der Waals surface area contributed by atoms with Gasteiger partial charge in [0.1, 0.15) is 5.75 Å². The minimum atomic E-state index is -0.736. The zero-order valence-electron chi connectivity index (χ0n) is 10.5. The van der Waals surface area contributed by atoms with Gasteiger partial charge in [-0.2, -0.15) is 0 Å². The Morgan fingerprint density at radius 1 is 1.45 bits per heavy atom. The number of nitro groups is 1. The maximum atomic E-state index is 11.8. The van der Waals surface area contributed by atoms with Gasteiger partial charge in [0.2, 0.25) is 0 Å². The van der Waals surface area contributed by atoms with Crippen molar-refractivity contribution in [2.75, 3.05) is 5.32 Å². The number of nitro benzene ring substituents is 1. The predicted molar refractivity (Wildman–Crippen MR) is 73.9 cm³/mol. The normalized spacial score (nSPS) is 11.7. The van der Waals surface area contributed by atoms with Crippen LogP contribution in [0.25, 0.3) is 0 Å². The molecule has 1 amide bonds. The molecular formula is C12H11N3O4S. The Hall–Kier alpha value is -2.48. The Balaban J connectivity index is 1.95. The van der Waals surface area contributed by atoms with Crippen LogP contribution in [0.5, 0.6) is 5.75 Å². The van der Waals surface area contributed by atoms with Gasteiger partial charge in [-0.15, -0.1) is 11.3 Å². The predicted octanol–water partition coefficient (Wildman–Crippen LogP) is 2.46. The summed E-state index contributed by atoms with van der Waals surface area (Å²) < 4.78 is 5.40. The zero-order valence-corrected chi connectivity index (χ0v) is 11.3. The highest BCUT2D eigenvalue weighted by atomic mass is 32.1. The van der Waals surface area contributed by atoms with Crippen LogP contribution in [0.1, 0.15) is 6.92 Å². The molecule has 104 valence electrons. The molecule has 1 unspecified atom stereocenters. The number of carbonyl (C=O) groups is 1. The van der Waals surface area contributed by atoms with E-state index >= 15 is 0 Å². The van der Waals surface area contributed by atoms with E-state index in [2.05, 4.69) is 10.3 Å². The lowest BCUT2D eigenvalue weighted by atomic mass is 10.3. The summed E-state index contributed by atoms with van der Waals surface area (Å²) in [6.07, 6.45) is 0.850. The van der Waals surface area contributed by atoms with E-state index < -0.39 is 11.0 Å². The van der Waals surface area contributed by atoms with E-state index in [0.29, 0.717) is 10.9 Å². The van der Waals surface area contributed by atoms with Gasteiger partial charge in [-0.05, 0) is 19.1 Å². The molecular weight excluding hydrogens is 282 g/mol. The Labute approximate surface area is 118 Å². The van der Waals surface area contributed by atoms with Gasteiger partial charge >= 0.3 is 0 Å². The number of anilines is 1. The van der Waals surface area contributed by atoms with Crippen molar-refractivity contribution in [3.05, 3.63) is 46.0 Å². The van der Waals surface area contributed by atoms with Crippen LogP contribution in [0.2, 0.25) is 0 Å². The summed E-state index contributed by atoms with van der Waals surface area (Å²) >= 11 is 1.31. The van der Waals surface area contributed by atoms with E-state index in [-0.39, 0.29) is 11.6 Å². The molecule has 0 saturated heterocycles. The van der Waals surface area contributed by atoms with Gasteiger partial charge in [0, 0.05) is 23.7 Å². The lowest BCUT2D eigenvalue weighted by Gasteiger charge is -2.13. The number of thiazole rings is 1. The Morgan fingerprint density at radius 3 is 2.70 bits per heavy atom. The molecule has 0 fully saturated rings. The number of nitrogens with one attached hydrogen (secondary N) is 1. The summed E-state index contributed by atoms with van der Waals surface area (Å²) in [6, 6.07) is 5.54. The number of nitrogens with zero attached hydrogens (tertiary/aromatic N) is 2. The number of carbonyl (C=O) groups excluding carboxylic acids is 1. The second-order valence-corrected chi connectivity index (χ2v) is 4.73. The van der Waals surface area contributed by atoms with E-state index in [4.69, 9.17) is 4.74 Å². The van der Waals surface area contributed by atoms with E-state index in [1.165, 1.54) is 35.6 Å². The van der Waals surface area contributed by atoms with Gasteiger partial charge in [0.25, 0.3) is 11.6 Å². The highest BCUT2D eigenvalue weighted by Crippen LogP contribution is 2.19. The van der Waals surface area contributed by atoms with Crippen molar-refractivity contribution in [1.29, 1.82) is 0 Å². The molecule has 0 aliphatic rings. The highest BCUT2D eigenvalue weighted by molar-refractivity contribution is 7.13. The molecule has 0 radical (unpaired) electrons. The van der Waals surface area contributed by atoms with Crippen molar-refractivity contribution in [3.8, 4) is 5.75 Å². The molecule has 1 atom stereocenters. The maximum Gasteiger partial charge on any atom is 0.269 e. The number of amides is 1. The molecule has 0 saturated carbocycles. The maximum absolute atomic E-state index is 11.8. The molecule has 1 N–H and O–H groups in total. The first-order chi connectivity index (χ1) is 9.56. The number of hydrogen-bond acceptors (Lipinski definition) is 6. The fourth-order valence-corrected chi connectivity index (χ4v) is 1.93. The molecule has 0 bridgehead atoms. The van der Waals surface area contributed by atoms with Crippen molar-refractivity contribution >= 4 is 28.1 Å². The van der Waals surface area contributed by atoms with Gasteiger partial charge in [-0.1, -0.05) is 0 Å². The molecule has 0 spiro atoms. The molecule has 0 aliphatic carbocycles. The monoisotopic (exact) mass is 293 g/mol. The summed E-state index contributed by atoms with van der Waals surface area (Å²) in [5, 5.41) is 15.4. The first-order valence-electron chi connectivity index (χ1n) is 5.68. The van der Waals surface area contributed by atoms with Crippen molar-refractivity contribution in [2.24, 2.45) is 0 Å². The summed E-state index contributed by atoms with van der Waals surface area (Å²) in [5.74, 6) is 0.0516. The van der Waals surface area contributed by atoms with Crippen LogP contribution in [-0.2, 0) is 4.79 Å². The average Bonchev–Trinajstić information content (AvgIpc) is 2.92. The fourth-order valence-electron chi connectivity index (χ4n) is 1.40. The SMILES string of the molecule is CC(Oc1ccc([N+](=O)[O-])cc1)C(=O)Nc1nccs1. The van der Waals surface area contributed by atoms with E-state index in [1.807, 2.05) is 0 Å². The van der Waals surface area contributed by atoms with Crippen molar-refractivity contribution in [1.82, 2.24) is 4.98 Å². The number of aromatic nitrogens is 1. The third kappa shape index (κ3) is 3.51. The minimum absolute atomic E-state index is 0.0303. The van der Waals surface area contributed by atoms with E-state index in [1.54, 1.807) is 18.5 Å². The Bertz CT molecular complexity index is 598. The second kappa shape index (κ2) is 6.11. The minimum Gasteiger partial charge on any atom is -0.481 e. The van der Waals surface area contributed by atoms with Crippen LogP contribution < -0.4 is 10.1 Å². The van der Waals surface area contributed by atoms with Crippen molar-refractivity contribution in [3.63, 3.8) is 0 Å². The average molecular weight is 293 g/mol. The molecule has 8 heteroatoms. The molecule has 0 aliphatic heterocycles. The fraction of sp³-hybridized carbons (Fsp3) is 0.167. The molecule has 1 heterocycles. The van der Waals surface area contributed by atoms with Crippen molar-refractivity contribution < 1.29 is 14.5 Å². The largest absolute Gasteiger partial charge is 0.481 e. The first kappa shape index (κ1) is 13.9. The molecule has 2 rings (SSSR count). The molecule has 1 aromatic heterocycles. The van der Waals surface area contributed by atoms with Crippen LogP contribution in [-0.4, -0.2) is 21.9 Å². The number of non-ortho nitro benzene ring substituents is 1. The molecule has 7 nitrogen and oxygen atoms in total. The Morgan fingerprint density at radius 2 is 2.15 bits per heavy atom. The van der Waals surface area contributed by atoms with Gasteiger partial charge in [-0.3, -0.25) is 20.2 Å². The molecule has 20 heavy (non-hydrogen) atoms. The number of ether oxygens (including phenoxy) is 1.